The first-order valence-corrected chi connectivity index (χ1v) is 5.00. The summed E-state index contributed by atoms with van der Waals surface area (Å²) in [5.41, 5.74) is -0.690. The van der Waals surface area contributed by atoms with Crippen LogP contribution >= 0.6 is 0 Å². The highest BCUT2D eigenvalue weighted by Crippen LogP contribution is 2.36. The highest BCUT2D eigenvalue weighted by atomic mass is 16.6. The Balaban J connectivity index is 2.32. The second-order valence-corrected chi connectivity index (χ2v) is 3.77. The summed E-state index contributed by atoms with van der Waals surface area (Å²) in [4.78, 5) is 10.8. The van der Waals surface area contributed by atoms with Crippen LogP contribution in [0.5, 0.6) is 5.95 Å². The van der Waals surface area contributed by atoms with Crippen molar-refractivity contribution >= 4 is 0 Å². The lowest BCUT2D eigenvalue weighted by Crippen LogP contribution is -2.32. The van der Waals surface area contributed by atoms with Gasteiger partial charge in [0, 0.05) is 6.07 Å². The molecule has 1 aliphatic rings. The second kappa shape index (κ2) is 4.46. The maximum atomic E-state index is 10.8. The lowest BCUT2D eigenvalue weighted by Gasteiger charge is -2.14. The molecule has 1 aromatic rings. The quantitative estimate of drug-likeness (QED) is 0.499. The van der Waals surface area contributed by atoms with Gasteiger partial charge in [0.15, 0.2) is 0 Å². The minimum atomic E-state index is -1.31. The molecule has 0 amide bonds. The molecular formula is C10H12O7. The minimum Gasteiger partial charge on any atom is -0.480 e. The van der Waals surface area contributed by atoms with E-state index < -0.39 is 42.6 Å². The zero-order chi connectivity index (χ0) is 12.6. The van der Waals surface area contributed by atoms with Crippen LogP contribution in [-0.2, 0) is 4.74 Å². The number of aliphatic hydroxyl groups excluding tert-OH is 3. The average Bonchev–Trinajstić information content (AvgIpc) is 2.57. The van der Waals surface area contributed by atoms with E-state index in [0.29, 0.717) is 0 Å². The van der Waals surface area contributed by atoms with Gasteiger partial charge in [-0.25, -0.2) is 4.79 Å². The van der Waals surface area contributed by atoms with Crippen LogP contribution in [0.4, 0.5) is 0 Å². The Morgan fingerprint density at radius 2 is 1.94 bits per heavy atom. The van der Waals surface area contributed by atoms with Crippen molar-refractivity contribution in [2.45, 2.75) is 24.4 Å². The Morgan fingerprint density at radius 3 is 2.47 bits per heavy atom. The van der Waals surface area contributed by atoms with Gasteiger partial charge in [0.1, 0.15) is 24.4 Å². The van der Waals surface area contributed by atoms with Crippen LogP contribution < -0.4 is 5.63 Å². The molecular weight excluding hydrogens is 232 g/mol. The van der Waals surface area contributed by atoms with E-state index in [1.54, 1.807) is 0 Å². The van der Waals surface area contributed by atoms with E-state index in [9.17, 15) is 20.1 Å². The molecule has 4 atom stereocenters. The number of hydrogen-bond donors (Lipinski definition) is 4. The van der Waals surface area contributed by atoms with Crippen molar-refractivity contribution in [3.05, 3.63) is 28.1 Å². The van der Waals surface area contributed by atoms with Crippen molar-refractivity contribution in [2.75, 3.05) is 6.61 Å². The van der Waals surface area contributed by atoms with Crippen LogP contribution in [0.2, 0.25) is 0 Å². The lowest BCUT2D eigenvalue weighted by molar-refractivity contribution is -0.0242. The maximum Gasteiger partial charge on any atom is 0.338 e. The molecule has 94 valence electrons. The van der Waals surface area contributed by atoms with Gasteiger partial charge < -0.3 is 29.6 Å². The van der Waals surface area contributed by atoms with E-state index in [-0.39, 0.29) is 5.56 Å². The van der Waals surface area contributed by atoms with Crippen molar-refractivity contribution in [1.82, 2.24) is 0 Å². The first-order chi connectivity index (χ1) is 8.04. The molecule has 7 heteroatoms. The predicted octanol–water partition coefficient (Wildman–Crippen LogP) is -1.50. The van der Waals surface area contributed by atoms with Crippen LogP contribution in [0.15, 0.2) is 21.3 Å². The first-order valence-electron chi connectivity index (χ1n) is 5.00. The van der Waals surface area contributed by atoms with E-state index in [1.165, 1.54) is 6.07 Å². The van der Waals surface area contributed by atoms with Crippen LogP contribution in [0.1, 0.15) is 11.7 Å². The third-order valence-corrected chi connectivity index (χ3v) is 2.69. The number of aromatic hydroxyl groups is 1. The molecule has 17 heavy (non-hydrogen) atoms. The fourth-order valence-corrected chi connectivity index (χ4v) is 1.79. The molecule has 0 bridgehead atoms. The summed E-state index contributed by atoms with van der Waals surface area (Å²) in [7, 11) is 0. The van der Waals surface area contributed by atoms with Gasteiger partial charge in [0.05, 0.1) is 12.2 Å². The summed E-state index contributed by atoms with van der Waals surface area (Å²) >= 11 is 0. The van der Waals surface area contributed by atoms with Crippen molar-refractivity contribution in [2.24, 2.45) is 0 Å². The zero-order valence-corrected chi connectivity index (χ0v) is 8.68. The molecule has 1 aliphatic heterocycles. The topological polar surface area (TPSA) is 120 Å². The van der Waals surface area contributed by atoms with E-state index in [1.807, 2.05) is 0 Å². The Morgan fingerprint density at radius 1 is 1.24 bits per heavy atom. The zero-order valence-electron chi connectivity index (χ0n) is 8.68. The van der Waals surface area contributed by atoms with Gasteiger partial charge in [-0.2, -0.15) is 0 Å². The van der Waals surface area contributed by atoms with Crippen LogP contribution in [0.3, 0.4) is 0 Å². The number of ether oxygens (including phenoxy) is 1. The number of rotatable bonds is 2. The Labute approximate surface area is 95.5 Å². The molecule has 0 spiro atoms. The van der Waals surface area contributed by atoms with Crippen LogP contribution in [0, 0.1) is 0 Å². The molecule has 1 fully saturated rings. The fourth-order valence-electron chi connectivity index (χ4n) is 1.79. The molecule has 1 saturated heterocycles. The van der Waals surface area contributed by atoms with Gasteiger partial charge in [0.2, 0.25) is 0 Å². The van der Waals surface area contributed by atoms with Gasteiger partial charge in [-0.15, -0.1) is 0 Å². The summed E-state index contributed by atoms with van der Waals surface area (Å²) in [6.07, 6.45) is -4.57. The molecule has 0 aromatic carbocycles. The monoisotopic (exact) mass is 244 g/mol. The van der Waals surface area contributed by atoms with E-state index in [4.69, 9.17) is 9.84 Å². The van der Waals surface area contributed by atoms with Gasteiger partial charge in [-0.1, -0.05) is 0 Å². The molecule has 0 saturated carbocycles. The Hall–Kier alpha value is -1.41. The first kappa shape index (κ1) is 12.1. The molecule has 1 aromatic heterocycles. The largest absolute Gasteiger partial charge is 0.480 e. The summed E-state index contributed by atoms with van der Waals surface area (Å²) < 4.78 is 9.61. The van der Waals surface area contributed by atoms with Crippen LogP contribution in [-0.4, -0.2) is 45.3 Å². The normalized spacial score (nSPS) is 32.9. The minimum absolute atomic E-state index is 0.0482. The van der Waals surface area contributed by atoms with Gasteiger partial charge in [-0.05, 0) is 6.07 Å². The molecule has 0 aliphatic carbocycles. The fraction of sp³-hybridized carbons (Fsp3) is 0.500. The van der Waals surface area contributed by atoms with Crippen molar-refractivity contribution in [3.63, 3.8) is 0 Å². The molecule has 2 heterocycles. The third kappa shape index (κ3) is 2.05. The standard InChI is InChI=1S/C10H12O7/c11-3-5-7(13)8(14)9(16-5)4-1-2-6(12)17-10(4)15/h1-2,5,7-9,11,13-15H,3H2/t5-,7+,8+,9+/m1/s1. The average molecular weight is 244 g/mol. The van der Waals surface area contributed by atoms with Crippen molar-refractivity contribution < 1.29 is 29.6 Å². The smallest absolute Gasteiger partial charge is 0.338 e. The summed E-state index contributed by atoms with van der Waals surface area (Å²) in [6, 6.07) is 2.30. The van der Waals surface area contributed by atoms with Gasteiger partial charge in [-0.3, -0.25) is 0 Å². The van der Waals surface area contributed by atoms with Gasteiger partial charge in [0.25, 0.3) is 5.95 Å². The predicted molar refractivity (Wildman–Crippen MR) is 53.4 cm³/mol. The lowest BCUT2D eigenvalue weighted by atomic mass is 10.0. The second-order valence-electron chi connectivity index (χ2n) is 3.77. The molecule has 0 unspecified atom stereocenters. The van der Waals surface area contributed by atoms with Gasteiger partial charge >= 0.3 is 5.63 Å². The number of aliphatic hydroxyl groups is 3. The summed E-state index contributed by atoms with van der Waals surface area (Å²) in [6.45, 7) is -0.466. The number of hydrogen-bond acceptors (Lipinski definition) is 7. The van der Waals surface area contributed by atoms with E-state index in [2.05, 4.69) is 4.42 Å². The Bertz CT molecular complexity index is 454. The highest BCUT2D eigenvalue weighted by molar-refractivity contribution is 5.26. The maximum absolute atomic E-state index is 10.8. The Kier molecular flexibility index (Phi) is 3.16. The highest BCUT2D eigenvalue weighted by Gasteiger charge is 2.44. The van der Waals surface area contributed by atoms with Crippen molar-refractivity contribution in [1.29, 1.82) is 0 Å². The van der Waals surface area contributed by atoms with E-state index in [0.717, 1.165) is 6.07 Å². The molecule has 7 nitrogen and oxygen atoms in total. The van der Waals surface area contributed by atoms with Crippen LogP contribution in [0.25, 0.3) is 0 Å². The van der Waals surface area contributed by atoms with Crippen molar-refractivity contribution in [3.8, 4) is 5.95 Å². The molecule has 0 radical (unpaired) electrons. The van der Waals surface area contributed by atoms with E-state index >= 15 is 0 Å². The molecule has 2 rings (SSSR count). The third-order valence-electron chi connectivity index (χ3n) is 2.69. The summed E-state index contributed by atoms with van der Waals surface area (Å²) in [5, 5.41) is 37.5. The summed E-state index contributed by atoms with van der Waals surface area (Å²) in [5.74, 6) is -0.674. The SMILES string of the molecule is O=c1ccc([C@@H]2O[C@H](CO)[C@H](O)[C@@H]2O)c(O)o1. The molecule has 4 N–H and O–H groups in total.